The standard InChI is InChI=1S/C22H27FN4O2.HI/c23-17-5-3-4-16(14-17)20(27-9-12-28-13-10-27)15-25-22(24)26-19-8-11-29-21-7-2-1-6-18(19)21;/h1-7,14,19-20H,8-13,15H2,(H3,24,25,26);1H. The minimum absolute atomic E-state index is 0. The fourth-order valence-corrected chi connectivity index (χ4v) is 3.94. The van der Waals surface area contributed by atoms with Crippen LogP contribution in [-0.4, -0.2) is 50.3 Å². The van der Waals surface area contributed by atoms with E-state index in [2.05, 4.69) is 15.2 Å². The van der Waals surface area contributed by atoms with E-state index in [0.717, 1.165) is 36.4 Å². The first-order valence-corrected chi connectivity index (χ1v) is 10.1. The highest BCUT2D eigenvalue weighted by atomic mass is 127. The Labute approximate surface area is 193 Å². The zero-order chi connectivity index (χ0) is 20.1. The van der Waals surface area contributed by atoms with Crippen LogP contribution >= 0.6 is 24.0 Å². The number of hydrogen-bond acceptors (Lipinski definition) is 4. The maximum absolute atomic E-state index is 13.8. The number of halogens is 2. The lowest BCUT2D eigenvalue weighted by Crippen LogP contribution is -2.41. The predicted octanol–water partition coefficient (Wildman–Crippen LogP) is 3.25. The van der Waals surface area contributed by atoms with Crippen LogP contribution in [0.1, 0.15) is 29.6 Å². The summed E-state index contributed by atoms with van der Waals surface area (Å²) in [6, 6.07) is 14.7. The van der Waals surface area contributed by atoms with Gasteiger partial charge in [0.2, 0.25) is 0 Å². The van der Waals surface area contributed by atoms with Gasteiger partial charge < -0.3 is 20.5 Å². The first-order valence-electron chi connectivity index (χ1n) is 10.1. The third-order valence-electron chi connectivity index (χ3n) is 5.44. The lowest BCUT2D eigenvalue weighted by Gasteiger charge is -2.34. The van der Waals surface area contributed by atoms with Gasteiger partial charge in [-0.1, -0.05) is 30.3 Å². The second-order valence-electron chi connectivity index (χ2n) is 7.32. The maximum Gasteiger partial charge on any atom is 0.189 e. The van der Waals surface area contributed by atoms with Crippen LogP contribution < -0.4 is 15.8 Å². The van der Waals surface area contributed by atoms with Crippen molar-refractivity contribution < 1.29 is 13.9 Å². The third-order valence-corrected chi connectivity index (χ3v) is 5.44. The number of guanidine groups is 1. The van der Waals surface area contributed by atoms with Gasteiger partial charge in [0.1, 0.15) is 11.6 Å². The van der Waals surface area contributed by atoms with Crippen molar-refractivity contribution in [1.82, 2.24) is 10.2 Å². The minimum atomic E-state index is -0.241. The number of ether oxygens (including phenoxy) is 2. The Kier molecular flexibility index (Phi) is 8.29. The van der Waals surface area contributed by atoms with Crippen molar-refractivity contribution in [3.05, 3.63) is 65.5 Å². The molecule has 3 N–H and O–H groups in total. The smallest absolute Gasteiger partial charge is 0.189 e. The highest BCUT2D eigenvalue weighted by molar-refractivity contribution is 14.0. The zero-order valence-electron chi connectivity index (χ0n) is 16.8. The fourth-order valence-electron chi connectivity index (χ4n) is 3.94. The second-order valence-corrected chi connectivity index (χ2v) is 7.32. The molecule has 6 nitrogen and oxygen atoms in total. The maximum atomic E-state index is 13.8. The van der Waals surface area contributed by atoms with Gasteiger partial charge in [0.05, 0.1) is 38.4 Å². The Morgan fingerprint density at radius 3 is 2.77 bits per heavy atom. The van der Waals surface area contributed by atoms with Crippen LogP contribution in [0.5, 0.6) is 5.75 Å². The largest absolute Gasteiger partial charge is 0.493 e. The molecular weight excluding hydrogens is 498 g/mol. The molecule has 1 fully saturated rings. The van der Waals surface area contributed by atoms with Crippen molar-refractivity contribution in [3.8, 4) is 5.75 Å². The molecule has 2 aromatic carbocycles. The molecule has 0 saturated carbocycles. The van der Waals surface area contributed by atoms with E-state index in [1.807, 2.05) is 30.3 Å². The third kappa shape index (κ3) is 5.61. The van der Waals surface area contributed by atoms with E-state index in [9.17, 15) is 4.39 Å². The van der Waals surface area contributed by atoms with E-state index in [0.29, 0.717) is 32.3 Å². The molecular formula is C22H28FIN4O2. The molecule has 4 rings (SSSR count). The van der Waals surface area contributed by atoms with Crippen LogP contribution in [0.3, 0.4) is 0 Å². The first kappa shape index (κ1) is 22.8. The van der Waals surface area contributed by atoms with E-state index >= 15 is 0 Å². The van der Waals surface area contributed by atoms with E-state index < -0.39 is 0 Å². The number of nitrogens with zero attached hydrogens (tertiary/aromatic N) is 2. The SMILES string of the molecule is I.NC(=NCC(c1cccc(F)c1)N1CCOCC1)NC1CCOc2ccccc21. The number of benzene rings is 2. The first-order chi connectivity index (χ1) is 14.2. The fraction of sp³-hybridized carbons (Fsp3) is 0.409. The molecule has 0 spiro atoms. The van der Waals surface area contributed by atoms with Gasteiger partial charge in [-0.05, 0) is 23.8 Å². The molecule has 30 heavy (non-hydrogen) atoms. The van der Waals surface area contributed by atoms with E-state index in [4.69, 9.17) is 15.2 Å². The molecule has 0 aromatic heterocycles. The predicted molar refractivity (Wildman–Crippen MR) is 126 cm³/mol. The molecule has 8 heteroatoms. The van der Waals surface area contributed by atoms with Crippen LogP contribution in [0.25, 0.3) is 0 Å². The Hall–Kier alpha value is -1.91. The van der Waals surface area contributed by atoms with Gasteiger partial charge in [-0.3, -0.25) is 9.89 Å². The number of rotatable bonds is 5. The minimum Gasteiger partial charge on any atom is -0.493 e. The van der Waals surface area contributed by atoms with Crippen molar-refractivity contribution in [2.24, 2.45) is 10.7 Å². The topological polar surface area (TPSA) is 72.1 Å². The summed E-state index contributed by atoms with van der Waals surface area (Å²) in [7, 11) is 0. The summed E-state index contributed by atoms with van der Waals surface area (Å²) in [6.45, 7) is 4.01. The zero-order valence-corrected chi connectivity index (χ0v) is 19.1. The normalized spacial score (nSPS) is 20.4. The van der Waals surface area contributed by atoms with Gasteiger partial charge in [0.15, 0.2) is 5.96 Å². The van der Waals surface area contributed by atoms with Crippen LogP contribution in [0.15, 0.2) is 53.5 Å². The number of hydrogen-bond donors (Lipinski definition) is 2. The summed E-state index contributed by atoms with van der Waals surface area (Å²) in [5.74, 6) is 1.03. The summed E-state index contributed by atoms with van der Waals surface area (Å²) in [4.78, 5) is 6.89. The molecule has 2 atom stereocenters. The lowest BCUT2D eigenvalue weighted by molar-refractivity contribution is 0.0179. The van der Waals surface area contributed by atoms with Crippen molar-refractivity contribution in [3.63, 3.8) is 0 Å². The van der Waals surface area contributed by atoms with Gasteiger partial charge in [0.25, 0.3) is 0 Å². The molecule has 0 aliphatic carbocycles. The van der Waals surface area contributed by atoms with E-state index in [1.54, 1.807) is 12.1 Å². The van der Waals surface area contributed by atoms with Gasteiger partial charge in [-0.25, -0.2) is 4.39 Å². The highest BCUT2D eigenvalue weighted by Gasteiger charge is 2.24. The van der Waals surface area contributed by atoms with Crippen molar-refractivity contribution in [1.29, 1.82) is 0 Å². The number of para-hydroxylation sites is 1. The van der Waals surface area contributed by atoms with Crippen molar-refractivity contribution in [2.45, 2.75) is 18.5 Å². The summed E-state index contributed by atoms with van der Waals surface area (Å²) in [5.41, 5.74) is 8.22. The number of nitrogens with one attached hydrogen (secondary N) is 1. The average Bonchev–Trinajstić information content (AvgIpc) is 2.75. The quantitative estimate of drug-likeness (QED) is 0.356. The Morgan fingerprint density at radius 1 is 1.17 bits per heavy atom. The monoisotopic (exact) mass is 526 g/mol. The average molecular weight is 526 g/mol. The summed E-state index contributed by atoms with van der Waals surface area (Å²) in [5, 5.41) is 3.33. The van der Waals surface area contributed by atoms with Crippen LogP contribution in [-0.2, 0) is 4.74 Å². The van der Waals surface area contributed by atoms with E-state index in [-0.39, 0.29) is 41.9 Å². The van der Waals surface area contributed by atoms with Gasteiger partial charge in [0, 0.05) is 25.1 Å². The summed E-state index contributed by atoms with van der Waals surface area (Å²) in [6.07, 6.45) is 0.823. The Morgan fingerprint density at radius 2 is 1.97 bits per heavy atom. The summed E-state index contributed by atoms with van der Waals surface area (Å²) >= 11 is 0. The summed E-state index contributed by atoms with van der Waals surface area (Å²) < 4.78 is 25.0. The van der Waals surface area contributed by atoms with Crippen molar-refractivity contribution >= 4 is 29.9 Å². The molecule has 2 aliphatic heterocycles. The number of fused-ring (bicyclic) bond motifs is 1. The second kappa shape index (κ2) is 10.9. The van der Waals surface area contributed by atoms with Crippen molar-refractivity contribution in [2.75, 3.05) is 39.5 Å². The Balaban J connectivity index is 0.00000256. The van der Waals surface area contributed by atoms with Crippen LogP contribution in [0, 0.1) is 5.82 Å². The number of nitrogens with two attached hydrogens (primary N) is 1. The molecule has 2 unspecified atom stereocenters. The van der Waals surface area contributed by atoms with Crippen LogP contribution in [0.4, 0.5) is 4.39 Å². The molecule has 2 aromatic rings. The van der Waals surface area contributed by atoms with E-state index in [1.165, 1.54) is 6.07 Å². The Bertz CT molecular complexity index is 861. The molecule has 162 valence electrons. The molecule has 1 saturated heterocycles. The van der Waals surface area contributed by atoms with Gasteiger partial charge >= 0.3 is 0 Å². The molecule has 0 radical (unpaired) electrons. The van der Waals surface area contributed by atoms with Crippen LogP contribution in [0.2, 0.25) is 0 Å². The van der Waals surface area contributed by atoms with Gasteiger partial charge in [-0.2, -0.15) is 0 Å². The molecule has 0 amide bonds. The highest BCUT2D eigenvalue weighted by Crippen LogP contribution is 2.31. The molecule has 0 bridgehead atoms. The molecule has 2 aliphatic rings. The number of morpholine rings is 1. The molecule has 2 heterocycles. The lowest BCUT2D eigenvalue weighted by atomic mass is 10.0. The number of aliphatic imine (C=N–C) groups is 1. The van der Waals surface area contributed by atoms with Gasteiger partial charge in [-0.15, -0.1) is 24.0 Å².